The maximum absolute atomic E-state index is 12.7. The van der Waals surface area contributed by atoms with Gasteiger partial charge in [-0.1, -0.05) is 26.0 Å². The summed E-state index contributed by atoms with van der Waals surface area (Å²) < 4.78 is 0. The summed E-state index contributed by atoms with van der Waals surface area (Å²) in [6.07, 6.45) is -0.564. The number of nitrogens with two attached hydrogens (primary N) is 1. The average Bonchev–Trinajstić information content (AvgIpc) is 2.72. The van der Waals surface area contributed by atoms with Crippen LogP contribution in [0.15, 0.2) is 18.2 Å². The lowest BCUT2D eigenvalue weighted by Crippen LogP contribution is -2.48. The normalized spacial score (nSPS) is 15.0. The van der Waals surface area contributed by atoms with Gasteiger partial charge in [0, 0.05) is 6.42 Å². The molecule has 1 unspecified atom stereocenters. The minimum absolute atomic E-state index is 0.0210. The SMILES string of the molecule is CC(C)c1cccc2c1C(=O)N(C(CCC(=O)O)C(N)=O)C2=O. The molecule has 122 valence electrons. The minimum atomic E-state index is -1.27. The number of primary amides is 1. The van der Waals surface area contributed by atoms with E-state index in [1.165, 1.54) is 6.07 Å². The Labute approximate surface area is 133 Å². The molecule has 3 amide bonds. The highest BCUT2D eigenvalue weighted by atomic mass is 16.4. The van der Waals surface area contributed by atoms with Gasteiger partial charge in [-0.05, 0) is 24.0 Å². The van der Waals surface area contributed by atoms with Crippen LogP contribution in [0, 0.1) is 0 Å². The highest BCUT2D eigenvalue weighted by molar-refractivity contribution is 6.23. The topological polar surface area (TPSA) is 118 Å². The molecular formula is C16H18N2O5. The number of amides is 3. The van der Waals surface area contributed by atoms with E-state index < -0.39 is 29.7 Å². The van der Waals surface area contributed by atoms with Crippen molar-refractivity contribution in [2.24, 2.45) is 5.73 Å². The van der Waals surface area contributed by atoms with Crippen LogP contribution in [0.25, 0.3) is 0 Å². The zero-order valence-corrected chi connectivity index (χ0v) is 12.9. The Kier molecular flexibility index (Phi) is 4.49. The molecule has 7 heteroatoms. The lowest BCUT2D eigenvalue weighted by Gasteiger charge is -2.23. The number of carbonyl (C=O) groups is 4. The zero-order chi connectivity index (χ0) is 17.3. The van der Waals surface area contributed by atoms with Crippen molar-refractivity contribution in [2.45, 2.75) is 38.6 Å². The number of nitrogens with zero attached hydrogens (tertiary/aromatic N) is 1. The van der Waals surface area contributed by atoms with E-state index in [4.69, 9.17) is 10.8 Å². The number of rotatable bonds is 6. The molecule has 1 aromatic rings. The second-order valence-corrected chi connectivity index (χ2v) is 5.76. The van der Waals surface area contributed by atoms with Crippen LogP contribution in [-0.4, -0.2) is 39.7 Å². The number of benzene rings is 1. The maximum Gasteiger partial charge on any atom is 0.303 e. The van der Waals surface area contributed by atoms with Crippen LogP contribution < -0.4 is 5.73 Å². The number of hydrogen-bond donors (Lipinski definition) is 2. The monoisotopic (exact) mass is 318 g/mol. The van der Waals surface area contributed by atoms with E-state index in [9.17, 15) is 19.2 Å². The standard InChI is InChI=1S/C16H18N2O5/c1-8(2)9-4-3-5-10-13(9)16(23)18(15(10)22)11(14(17)21)6-7-12(19)20/h3-5,8,11H,6-7H2,1-2H3,(H2,17,21)(H,19,20). The van der Waals surface area contributed by atoms with Gasteiger partial charge in [-0.3, -0.25) is 24.1 Å². The lowest BCUT2D eigenvalue weighted by molar-refractivity contribution is -0.137. The van der Waals surface area contributed by atoms with E-state index in [-0.39, 0.29) is 29.9 Å². The van der Waals surface area contributed by atoms with Gasteiger partial charge in [-0.25, -0.2) is 0 Å². The van der Waals surface area contributed by atoms with E-state index in [2.05, 4.69) is 0 Å². The Balaban J connectivity index is 2.44. The first kappa shape index (κ1) is 16.7. The third-order valence-electron chi connectivity index (χ3n) is 3.87. The Morgan fingerprint density at radius 1 is 1.22 bits per heavy atom. The second kappa shape index (κ2) is 6.20. The Morgan fingerprint density at radius 3 is 2.39 bits per heavy atom. The van der Waals surface area contributed by atoms with Crippen molar-refractivity contribution in [1.82, 2.24) is 4.90 Å². The van der Waals surface area contributed by atoms with Crippen LogP contribution in [0.1, 0.15) is 58.9 Å². The van der Waals surface area contributed by atoms with E-state index in [1.807, 2.05) is 13.8 Å². The number of carboxylic acids is 1. The summed E-state index contributed by atoms with van der Waals surface area (Å²) in [6, 6.07) is 3.70. The van der Waals surface area contributed by atoms with Gasteiger partial charge in [0.05, 0.1) is 11.1 Å². The van der Waals surface area contributed by atoms with Gasteiger partial charge < -0.3 is 10.8 Å². The van der Waals surface area contributed by atoms with Crippen molar-refractivity contribution in [3.8, 4) is 0 Å². The zero-order valence-electron chi connectivity index (χ0n) is 12.9. The Morgan fingerprint density at radius 2 is 1.87 bits per heavy atom. The summed E-state index contributed by atoms with van der Waals surface area (Å²) in [5.74, 6) is -3.21. The highest BCUT2D eigenvalue weighted by Crippen LogP contribution is 2.32. The molecule has 0 saturated heterocycles. The smallest absolute Gasteiger partial charge is 0.303 e. The fourth-order valence-corrected chi connectivity index (χ4v) is 2.75. The molecule has 1 aromatic carbocycles. The highest BCUT2D eigenvalue weighted by Gasteiger charge is 2.43. The molecule has 0 aliphatic carbocycles. The maximum atomic E-state index is 12.7. The van der Waals surface area contributed by atoms with Crippen LogP contribution in [0.4, 0.5) is 0 Å². The fraction of sp³-hybridized carbons (Fsp3) is 0.375. The van der Waals surface area contributed by atoms with Crippen LogP contribution in [0.3, 0.4) is 0 Å². The van der Waals surface area contributed by atoms with Crippen molar-refractivity contribution in [1.29, 1.82) is 0 Å². The van der Waals surface area contributed by atoms with Gasteiger partial charge >= 0.3 is 5.97 Å². The molecule has 1 atom stereocenters. The van der Waals surface area contributed by atoms with Gasteiger partial charge in [0.1, 0.15) is 6.04 Å². The lowest BCUT2D eigenvalue weighted by atomic mass is 9.94. The van der Waals surface area contributed by atoms with E-state index in [0.29, 0.717) is 5.56 Å². The van der Waals surface area contributed by atoms with Crippen LogP contribution in [0.2, 0.25) is 0 Å². The van der Waals surface area contributed by atoms with Crippen LogP contribution in [-0.2, 0) is 9.59 Å². The van der Waals surface area contributed by atoms with E-state index in [0.717, 1.165) is 4.90 Å². The largest absolute Gasteiger partial charge is 0.481 e. The summed E-state index contributed by atoms with van der Waals surface area (Å²) in [7, 11) is 0. The quantitative estimate of drug-likeness (QED) is 0.762. The predicted octanol–water partition coefficient (Wildman–Crippen LogP) is 1.12. The summed E-state index contributed by atoms with van der Waals surface area (Å²) in [6.45, 7) is 3.79. The third kappa shape index (κ3) is 2.94. The average molecular weight is 318 g/mol. The Bertz CT molecular complexity index is 696. The number of aliphatic carboxylic acids is 1. The first-order chi connectivity index (χ1) is 10.8. The van der Waals surface area contributed by atoms with Gasteiger partial charge in [0.25, 0.3) is 11.8 Å². The van der Waals surface area contributed by atoms with Gasteiger partial charge in [-0.15, -0.1) is 0 Å². The van der Waals surface area contributed by atoms with Crippen molar-refractivity contribution in [3.05, 3.63) is 34.9 Å². The molecule has 0 aromatic heterocycles. The fourth-order valence-electron chi connectivity index (χ4n) is 2.75. The van der Waals surface area contributed by atoms with Crippen molar-refractivity contribution < 1.29 is 24.3 Å². The summed E-state index contributed by atoms with van der Waals surface area (Å²) in [5.41, 5.74) is 6.49. The molecule has 0 spiro atoms. The molecule has 0 fully saturated rings. The number of carboxylic acid groups (broad SMARTS) is 1. The van der Waals surface area contributed by atoms with Gasteiger partial charge in [-0.2, -0.15) is 0 Å². The molecule has 1 heterocycles. The van der Waals surface area contributed by atoms with E-state index >= 15 is 0 Å². The molecule has 0 radical (unpaired) electrons. The molecule has 0 saturated carbocycles. The summed E-state index contributed by atoms with van der Waals surface area (Å²) in [5, 5.41) is 8.77. The second-order valence-electron chi connectivity index (χ2n) is 5.76. The first-order valence-corrected chi connectivity index (χ1v) is 7.27. The molecular weight excluding hydrogens is 300 g/mol. The first-order valence-electron chi connectivity index (χ1n) is 7.27. The van der Waals surface area contributed by atoms with Crippen LogP contribution >= 0.6 is 0 Å². The number of hydrogen-bond acceptors (Lipinski definition) is 4. The number of carbonyl (C=O) groups excluding carboxylic acids is 3. The molecule has 7 nitrogen and oxygen atoms in total. The third-order valence-corrected chi connectivity index (χ3v) is 3.87. The van der Waals surface area contributed by atoms with Gasteiger partial charge in [0.2, 0.25) is 5.91 Å². The number of fused-ring (bicyclic) bond motifs is 1. The predicted molar refractivity (Wildman–Crippen MR) is 80.9 cm³/mol. The summed E-state index contributed by atoms with van der Waals surface area (Å²) in [4.78, 5) is 48.4. The van der Waals surface area contributed by atoms with Gasteiger partial charge in [0.15, 0.2) is 0 Å². The van der Waals surface area contributed by atoms with Crippen molar-refractivity contribution >= 4 is 23.7 Å². The summed E-state index contributed by atoms with van der Waals surface area (Å²) >= 11 is 0. The van der Waals surface area contributed by atoms with Crippen molar-refractivity contribution in [3.63, 3.8) is 0 Å². The molecule has 0 bridgehead atoms. The Hall–Kier alpha value is -2.70. The molecule has 23 heavy (non-hydrogen) atoms. The molecule has 1 aliphatic heterocycles. The molecule has 1 aliphatic rings. The van der Waals surface area contributed by atoms with Crippen molar-refractivity contribution in [2.75, 3.05) is 0 Å². The van der Waals surface area contributed by atoms with E-state index in [1.54, 1.807) is 12.1 Å². The van der Waals surface area contributed by atoms with Crippen LogP contribution in [0.5, 0.6) is 0 Å². The minimum Gasteiger partial charge on any atom is -0.481 e. The number of imide groups is 1. The molecule has 2 rings (SSSR count). The molecule has 3 N–H and O–H groups in total.